The van der Waals surface area contributed by atoms with Gasteiger partial charge in [0, 0.05) is 12.5 Å². The molecule has 1 saturated carbocycles. The summed E-state index contributed by atoms with van der Waals surface area (Å²) in [7, 11) is 0. The van der Waals surface area contributed by atoms with Crippen LogP contribution in [0.1, 0.15) is 39.5 Å². The molecule has 0 aromatic heterocycles. The molecule has 4 heteroatoms. The van der Waals surface area contributed by atoms with Crippen LogP contribution in [0, 0.1) is 17.8 Å². The van der Waals surface area contributed by atoms with Gasteiger partial charge in [-0.1, -0.05) is 6.92 Å². The van der Waals surface area contributed by atoms with Gasteiger partial charge in [-0.15, -0.1) is 0 Å². The van der Waals surface area contributed by atoms with Crippen molar-refractivity contribution in [3.63, 3.8) is 0 Å². The third kappa shape index (κ3) is 3.83. The van der Waals surface area contributed by atoms with Crippen molar-refractivity contribution in [2.45, 2.75) is 39.5 Å². The summed E-state index contributed by atoms with van der Waals surface area (Å²) in [6, 6.07) is 0. The Hall–Kier alpha value is -1.06. The zero-order valence-corrected chi connectivity index (χ0v) is 10.0. The standard InChI is InChI=1S/C12H21NO3/c1-8(9(2)14)11-5-3-10(4-6-11)7-13-12(15)16/h8,10-11,13H,3-7H2,1-2H3,(H,15,16). The summed E-state index contributed by atoms with van der Waals surface area (Å²) in [5.41, 5.74) is 0. The number of hydrogen-bond donors (Lipinski definition) is 2. The molecular formula is C12H21NO3. The lowest BCUT2D eigenvalue weighted by Crippen LogP contribution is -2.31. The van der Waals surface area contributed by atoms with E-state index in [0.717, 1.165) is 25.7 Å². The minimum absolute atomic E-state index is 0.161. The van der Waals surface area contributed by atoms with Crippen molar-refractivity contribution in [2.24, 2.45) is 17.8 Å². The van der Waals surface area contributed by atoms with E-state index in [1.807, 2.05) is 6.92 Å². The summed E-state index contributed by atoms with van der Waals surface area (Å²) in [6.07, 6.45) is 3.21. The van der Waals surface area contributed by atoms with Crippen LogP contribution in [-0.2, 0) is 4.79 Å². The molecule has 4 nitrogen and oxygen atoms in total. The van der Waals surface area contributed by atoms with Crippen LogP contribution < -0.4 is 5.32 Å². The molecule has 0 aromatic rings. The van der Waals surface area contributed by atoms with Crippen molar-refractivity contribution < 1.29 is 14.7 Å². The molecule has 0 radical (unpaired) electrons. The molecule has 0 bridgehead atoms. The monoisotopic (exact) mass is 227 g/mol. The lowest BCUT2D eigenvalue weighted by atomic mass is 9.75. The fourth-order valence-electron chi connectivity index (χ4n) is 2.46. The van der Waals surface area contributed by atoms with Gasteiger partial charge in [-0.2, -0.15) is 0 Å². The molecule has 0 saturated heterocycles. The molecule has 0 heterocycles. The average Bonchev–Trinajstić information content (AvgIpc) is 2.26. The van der Waals surface area contributed by atoms with E-state index < -0.39 is 6.09 Å². The van der Waals surface area contributed by atoms with Crippen LogP contribution in [0.3, 0.4) is 0 Å². The van der Waals surface area contributed by atoms with E-state index in [9.17, 15) is 9.59 Å². The van der Waals surface area contributed by atoms with Crippen molar-refractivity contribution in [3.05, 3.63) is 0 Å². The van der Waals surface area contributed by atoms with Crippen molar-refractivity contribution in [3.8, 4) is 0 Å². The highest BCUT2D eigenvalue weighted by atomic mass is 16.4. The highest BCUT2D eigenvalue weighted by molar-refractivity contribution is 5.78. The number of Topliss-reactive ketones (excluding diaryl/α,β-unsaturated/α-hetero) is 1. The number of rotatable bonds is 4. The second kappa shape index (κ2) is 5.87. The molecule has 0 spiro atoms. The molecule has 92 valence electrons. The summed E-state index contributed by atoms with van der Waals surface area (Å²) in [5.74, 6) is 1.38. The van der Waals surface area contributed by atoms with Crippen molar-refractivity contribution in [2.75, 3.05) is 6.54 Å². The van der Waals surface area contributed by atoms with Gasteiger partial charge in [-0.05, 0) is 44.4 Å². The summed E-state index contributed by atoms with van der Waals surface area (Å²) >= 11 is 0. The lowest BCUT2D eigenvalue weighted by Gasteiger charge is -2.31. The minimum atomic E-state index is -0.945. The zero-order chi connectivity index (χ0) is 12.1. The quantitative estimate of drug-likeness (QED) is 0.774. The van der Waals surface area contributed by atoms with E-state index in [4.69, 9.17) is 5.11 Å². The van der Waals surface area contributed by atoms with Gasteiger partial charge < -0.3 is 10.4 Å². The van der Waals surface area contributed by atoms with Gasteiger partial charge in [0.15, 0.2) is 0 Å². The van der Waals surface area contributed by atoms with Crippen LogP contribution >= 0.6 is 0 Å². The smallest absolute Gasteiger partial charge is 0.404 e. The van der Waals surface area contributed by atoms with E-state index in [1.165, 1.54) is 0 Å². The first kappa shape index (κ1) is 13.0. The maximum absolute atomic E-state index is 11.2. The zero-order valence-electron chi connectivity index (χ0n) is 10.0. The van der Waals surface area contributed by atoms with Crippen molar-refractivity contribution >= 4 is 11.9 Å². The lowest BCUT2D eigenvalue weighted by molar-refractivity contribution is -0.122. The van der Waals surface area contributed by atoms with Gasteiger partial charge in [-0.25, -0.2) is 4.79 Å². The van der Waals surface area contributed by atoms with Gasteiger partial charge in [0.25, 0.3) is 0 Å². The molecule has 1 atom stereocenters. The van der Waals surface area contributed by atoms with Gasteiger partial charge >= 0.3 is 6.09 Å². The van der Waals surface area contributed by atoms with Gasteiger partial charge in [-0.3, -0.25) is 4.79 Å². The van der Waals surface area contributed by atoms with Gasteiger partial charge in [0.2, 0.25) is 0 Å². The first-order valence-electron chi connectivity index (χ1n) is 5.98. The maximum Gasteiger partial charge on any atom is 0.404 e. The molecular weight excluding hydrogens is 206 g/mol. The molecule has 2 N–H and O–H groups in total. The van der Waals surface area contributed by atoms with Crippen LogP contribution in [0.2, 0.25) is 0 Å². The predicted octanol–water partition coefficient (Wildman–Crippen LogP) is 2.29. The van der Waals surface area contributed by atoms with E-state index >= 15 is 0 Å². The summed E-state index contributed by atoms with van der Waals surface area (Å²) < 4.78 is 0. The Morgan fingerprint density at radius 2 is 1.88 bits per heavy atom. The Morgan fingerprint density at radius 3 is 2.31 bits per heavy atom. The van der Waals surface area contributed by atoms with E-state index in [1.54, 1.807) is 6.92 Å². The van der Waals surface area contributed by atoms with Gasteiger partial charge in [0.1, 0.15) is 5.78 Å². The number of ketones is 1. The Bertz CT molecular complexity index is 257. The molecule has 0 aliphatic heterocycles. The van der Waals surface area contributed by atoms with Crippen LogP contribution in [-0.4, -0.2) is 23.5 Å². The molecule has 16 heavy (non-hydrogen) atoms. The fourth-order valence-corrected chi connectivity index (χ4v) is 2.46. The molecule has 1 fully saturated rings. The Balaban J connectivity index is 2.28. The number of hydrogen-bond acceptors (Lipinski definition) is 2. The van der Waals surface area contributed by atoms with E-state index in [0.29, 0.717) is 18.4 Å². The first-order valence-corrected chi connectivity index (χ1v) is 5.98. The van der Waals surface area contributed by atoms with Crippen molar-refractivity contribution in [1.29, 1.82) is 0 Å². The van der Waals surface area contributed by atoms with Crippen LogP contribution in [0.25, 0.3) is 0 Å². The summed E-state index contributed by atoms with van der Waals surface area (Å²) in [4.78, 5) is 21.6. The van der Waals surface area contributed by atoms with Crippen LogP contribution in [0.4, 0.5) is 4.79 Å². The van der Waals surface area contributed by atoms with Crippen LogP contribution in [0.5, 0.6) is 0 Å². The molecule has 1 rings (SSSR count). The van der Waals surface area contributed by atoms with Gasteiger partial charge in [0.05, 0.1) is 0 Å². The van der Waals surface area contributed by atoms with E-state index in [2.05, 4.69) is 5.32 Å². The molecule has 1 amide bonds. The average molecular weight is 227 g/mol. The molecule has 1 aliphatic rings. The Labute approximate surface area is 96.4 Å². The number of amides is 1. The van der Waals surface area contributed by atoms with Crippen molar-refractivity contribution in [1.82, 2.24) is 5.32 Å². The first-order chi connectivity index (χ1) is 7.50. The summed E-state index contributed by atoms with van der Waals surface area (Å²) in [5, 5.41) is 10.9. The third-order valence-electron chi connectivity index (χ3n) is 3.78. The normalized spacial score (nSPS) is 27.1. The second-order valence-electron chi connectivity index (χ2n) is 4.87. The fraction of sp³-hybridized carbons (Fsp3) is 0.833. The SMILES string of the molecule is CC(=O)C(C)C1CCC(CNC(=O)O)CC1. The summed E-state index contributed by atoms with van der Waals surface area (Å²) in [6.45, 7) is 4.21. The van der Waals surface area contributed by atoms with E-state index in [-0.39, 0.29) is 11.7 Å². The highest BCUT2D eigenvalue weighted by Gasteiger charge is 2.27. The third-order valence-corrected chi connectivity index (χ3v) is 3.78. The van der Waals surface area contributed by atoms with Crippen LogP contribution in [0.15, 0.2) is 0 Å². The Morgan fingerprint density at radius 1 is 1.31 bits per heavy atom. The molecule has 0 aromatic carbocycles. The Kier molecular flexibility index (Phi) is 4.77. The largest absolute Gasteiger partial charge is 0.465 e. The number of carbonyl (C=O) groups excluding carboxylic acids is 1. The molecule has 1 aliphatic carbocycles. The number of nitrogens with one attached hydrogen (secondary N) is 1. The number of carboxylic acid groups (broad SMARTS) is 1. The number of carbonyl (C=O) groups is 2. The minimum Gasteiger partial charge on any atom is -0.465 e. The second-order valence-corrected chi connectivity index (χ2v) is 4.87. The maximum atomic E-state index is 11.2. The predicted molar refractivity (Wildman–Crippen MR) is 61.3 cm³/mol. The highest BCUT2D eigenvalue weighted by Crippen LogP contribution is 2.33. The topological polar surface area (TPSA) is 66.4 Å². The molecule has 1 unspecified atom stereocenters.